The molecule has 172 valence electrons. The lowest BCUT2D eigenvalue weighted by molar-refractivity contribution is 0.0729. The molecule has 0 unspecified atom stereocenters. The number of rotatable bonds is 7. The van der Waals surface area contributed by atoms with Gasteiger partial charge in [-0.3, -0.25) is 4.79 Å². The third kappa shape index (κ3) is 5.24. The van der Waals surface area contributed by atoms with Crippen LogP contribution in [0, 0.1) is 0 Å². The molecule has 3 aromatic rings. The van der Waals surface area contributed by atoms with E-state index in [9.17, 15) is 13.2 Å². The topological polar surface area (TPSA) is 84.9 Å². The molecule has 1 aliphatic rings. The van der Waals surface area contributed by atoms with Gasteiger partial charge < -0.3 is 14.8 Å². The van der Waals surface area contributed by atoms with Gasteiger partial charge in [0.15, 0.2) is 0 Å². The molecule has 33 heavy (non-hydrogen) atoms. The Bertz CT molecular complexity index is 1220. The zero-order chi connectivity index (χ0) is 23.3. The first kappa shape index (κ1) is 23.0. The summed E-state index contributed by atoms with van der Waals surface area (Å²) >= 11 is 0. The van der Waals surface area contributed by atoms with Crippen LogP contribution in [0.4, 0.5) is 5.69 Å². The summed E-state index contributed by atoms with van der Waals surface area (Å²) in [5.41, 5.74) is 3.01. The van der Waals surface area contributed by atoms with Crippen LogP contribution in [-0.2, 0) is 21.2 Å². The average molecular weight is 467 g/mol. The molecule has 7 nitrogen and oxygen atoms in total. The number of anilines is 1. The average Bonchev–Trinajstić information content (AvgIpc) is 2.86. The molecule has 1 saturated heterocycles. The van der Waals surface area contributed by atoms with Gasteiger partial charge >= 0.3 is 0 Å². The zero-order valence-electron chi connectivity index (χ0n) is 18.4. The first-order chi connectivity index (χ1) is 16.0. The largest absolute Gasteiger partial charge is 0.495 e. The Morgan fingerprint density at radius 3 is 2.42 bits per heavy atom. The van der Waals surface area contributed by atoms with Crippen molar-refractivity contribution in [2.24, 2.45) is 0 Å². The van der Waals surface area contributed by atoms with Crippen LogP contribution in [-0.4, -0.2) is 52.0 Å². The third-order valence-corrected chi connectivity index (χ3v) is 7.44. The minimum Gasteiger partial charge on any atom is -0.495 e. The molecule has 8 heteroatoms. The summed E-state index contributed by atoms with van der Waals surface area (Å²) in [6.45, 7) is 1.18. The fourth-order valence-corrected chi connectivity index (χ4v) is 5.34. The number of sulfonamides is 1. The van der Waals surface area contributed by atoms with Crippen molar-refractivity contribution in [3.8, 4) is 5.75 Å². The summed E-state index contributed by atoms with van der Waals surface area (Å²) in [7, 11) is -2.42. The van der Waals surface area contributed by atoms with Gasteiger partial charge in [-0.2, -0.15) is 4.31 Å². The second-order valence-corrected chi connectivity index (χ2v) is 9.56. The fraction of sp³-hybridized carbons (Fsp3) is 0.240. The number of benzene rings is 3. The van der Waals surface area contributed by atoms with E-state index < -0.39 is 15.9 Å². The minimum atomic E-state index is -3.83. The van der Waals surface area contributed by atoms with E-state index in [4.69, 9.17) is 9.47 Å². The van der Waals surface area contributed by atoms with Crippen LogP contribution in [0.1, 0.15) is 21.5 Å². The van der Waals surface area contributed by atoms with Crippen molar-refractivity contribution in [1.82, 2.24) is 4.31 Å². The summed E-state index contributed by atoms with van der Waals surface area (Å²) < 4.78 is 38.3. The Labute approximate surface area is 194 Å². The highest BCUT2D eigenvalue weighted by Crippen LogP contribution is 2.29. The highest BCUT2D eigenvalue weighted by Gasteiger charge is 2.30. The van der Waals surface area contributed by atoms with Crippen LogP contribution < -0.4 is 10.1 Å². The molecule has 0 aliphatic carbocycles. The number of methoxy groups -OCH3 is 1. The Morgan fingerprint density at radius 1 is 1.00 bits per heavy atom. The van der Waals surface area contributed by atoms with E-state index in [-0.39, 0.29) is 29.3 Å². The molecule has 0 radical (unpaired) electrons. The summed E-state index contributed by atoms with van der Waals surface area (Å²) in [5, 5.41) is 2.93. The van der Waals surface area contributed by atoms with Gasteiger partial charge in [0.1, 0.15) is 10.6 Å². The van der Waals surface area contributed by atoms with Crippen LogP contribution in [0.25, 0.3) is 0 Å². The molecule has 3 aromatic carbocycles. The van der Waals surface area contributed by atoms with Crippen LogP contribution in [0.2, 0.25) is 0 Å². The highest BCUT2D eigenvalue weighted by atomic mass is 32.2. The highest BCUT2D eigenvalue weighted by molar-refractivity contribution is 7.89. The van der Waals surface area contributed by atoms with Gasteiger partial charge in [-0.15, -0.1) is 0 Å². The molecule has 1 N–H and O–H groups in total. The van der Waals surface area contributed by atoms with Crippen molar-refractivity contribution < 1.29 is 22.7 Å². The number of nitrogens with zero attached hydrogens (tertiary/aromatic N) is 1. The monoisotopic (exact) mass is 466 g/mol. The third-order valence-electron chi connectivity index (χ3n) is 5.52. The number of hydrogen-bond donors (Lipinski definition) is 1. The van der Waals surface area contributed by atoms with Crippen molar-refractivity contribution in [1.29, 1.82) is 0 Å². The predicted molar refractivity (Wildman–Crippen MR) is 126 cm³/mol. The number of carbonyl (C=O) groups is 1. The van der Waals surface area contributed by atoms with Crippen LogP contribution in [0.15, 0.2) is 77.7 Å². The standard InChI is InChI=1S/C25H26N2O5S/c1-31-23-12-11-21(18-24(23)33(29,30)27-13-15-32-16-14-27)25(28)26-22-10-6-5-9-20(22)17-19-7-3-2-4-8-19/h2-12,18H,13-17H2,1H3,(H,26,28). The number of para-hydroxylation sites is 1. The Morgan fingerprint density at radius 2 is 1.70 bits per heavy atom. The quantitative estimate of drug-likeness (QED) is 0.576. The van der Waals surface area contributed by atoms with E-state index in [1.807, 2.05) is 54.6 Å². The smallest absolute Gasteiger partial charge is 0.255 e. The second-order valence-electron chi connectivity index (χ2n) is 7.66. The van der Waals surface area contributed by atoms with E-state index in [1.54, 1.807) is 6.07 Å². The lowest BCUT2D eigenvalue weighted by atomic mass is 10.0. The lowest BCUT2D eigenvalue weighted by Crippen LogP contribution is -2.40. The predicted octanol–water partition coefficient (Wildman–Crippen LogP) is 3.56. The molecule has 0 saturated carbocycles. The number of nitrogens with one attached hydrogen (secondary N) is 1. The molecule has 0 atom stereocenters. The summed E-state index contributed by atoms with van der Waals surface area (Å²) in [6, 6.07) is 22.0. The summed E-state index contributed by atoms with van der Waals surface area (Å²) in [6.07, 6.45) is 0.663. The van der Waals surface area contributed by atoms with E-state index in [2.05, 4.69) is 5.32 Å². The number of morpholine rings is 1. The zero-order valence-corrected chi connectivity index (χ0v) is 19.2. The SMILES string of the molecule is COc1ccc(C(=O)Nc2ccccc2Cc2ccccc2)cc1S(=O)(=O)N1CCOCC1. The van der Waals surface area contributed by atoms with Gasteiger partial charge in [-0.1, -0.05) is 48.5 Å². The number of ether oxygens (including phenoxy) is 2. The molecule has 1 fully saturated rings. The molecule has 1 amide bonds. The molecule has 1 heterocycles. The first-order valence-corrected chi connectivity index (χ1v) is 12.1. The van der Waals surface area contributed by atoms with Gasteiger partial charge in [-0.05, 0) is 41.8 Å². The van der Waals surface area contributed by atoms with Crippen molar-refractivity contribution in [2.45, 2.75) is 11.3 Å². The summed E-state index contributed by atoms with van der Waals surface area (Å²) in [4.78, 5) is 13.1. The maximum Gasteiger partial charge on any atom is 0.255 e. The van der Waals surface area contributed by atoms with Crippen molar-refractivity contribution in [2.75, 3.05) is 38.7 Å². The van der Waals surface area contributed by atoms with E-state index in [0.717, 1.165) is 11.1 Å². The number of carbonyl (C=O) groups excluding carboxylic acids is 1. The molecule has 0 spiro atoms. The van der Waals surface area contributed by atoms with Crippen molar-refractivity contribution in [3.05, 3.63) is 89.5 Å². The first-order valence-electron chi connectivity index (χ1n) is 10.7. The van der Waals surface area contributed by atoms with Gasteiger partial charge in [0.2, 0.25) is 10.0 Å². The molecule has 0 bridgehead atoms. The maximum absolute atomic E-state index is 13.2. The number of hydrogen-bond acceptors (Lipinski definition) is 5. The van der Waals surface area contributed by atoms with E-state index in [0.29, 0.717) is 25.3 Å². The van der Waals surface area contributed by atoms with Crippen LogP contribution >= 0.6 is 0 Å². The molecular formula is C25H26N2O5S. The fourth-order valence-electron chi connectivity index (χ4n) is 3.75. The Balaban J connectivity index is 1.60. The van der Waals surface area contributed by atoms with Crippen molar-refractivity contribution >= 4 is 21.6 Å². The molecule has 4 rings (SSSR count). The van der Waals surface area contributed by atoms with Gasteiger partial charge in [-0.25, -0.2) is 8.42 Å². The molecular weight excluding hydrogens is 440 g/mol. The van der Waals surface area contributed by atoms with E-state index in [1.165, 1.54) is 23.5 Å². The molecule has 0 aromatic heterocycles. The maximum atomic E-state index is 13.2. The second kappa shape index (κ2) is 10.2. The Hall–Kier alpha value is -3.20. The normalized spacial score (nSPS) is 14.6. The molecule has 1 aliphatic heterocycles. The van der Waals surface area contributed by atoms with E-state index >= 15 is 0 Å². The van der Waals surface area contributed by atoms with Crippen LogP contribution in [0.5, 0.6) is 5.75 Å². The van der Waals surface area contributed by atoms with Crippen molar-refractivity contribution in [3.63, 3.8) is 0 Å². The minimum absolute atomic E-state index is 0.0304. The lowest BCUT2D eigenvalue weighted by Gasteiger charge is -2.26. The van der Waals surface area contributed by atoms with Gasteiger partial charge in [0.05, 0.1) is 20.3 Å². The Kier molecular flexibility index (Phi) is 7.08. The van der Waals surface area contributed by atoms with Gasteiger partial charge in [0, 0.05) is 24.3 Å². The van der Waals surface area contributed by atoms with Gasteiger partial charge in [0.25, 0.3) is 5.91 Å². The number of amides is 1. The van der Waals surface area contributed by atoms with Crippen LogP contribution in [0.3, 0.4) is 0 Å². The summed E-state index contributed by atoms with van der Waals surface area (Å²) in [5.74, 6) is -0.195.